The summed E-state index contributed by atoms with van der Waals surface area (Å²) in [7, 11) is 0. The van der Waals surface area contributed by atoms with E-state index in [9.17, 15) is 0 Å². The molecule has 0 radical (unpaired) electrons. The van der Waals surface area contributed by atoms with Gasteiger partial charge in [0.1, 0.15) is 17.0 Å². The van der Waals surface area contributed by atoms with Crippen LogP contribution in [0.15, 0.2) is 53.0 Å². The SMILES string of the molecule is Cc1ccc(OCCCOc2cccc3ccc(C)nc23)c(Br)c1.O=C(O)C(=O)O. The van der Waals surface area contributed by atoms with Crippen molar-refractivity contribution in [2.24, 2.45) is 0 Å². The molecule has 8 heteroatoms. The number of carbonyl (C=O) groups is 2. The maximum atomic E-state index is 9.10. The van der Waals surface area contributed by atoms with Crippen LogP contribution in [0.3, 0.4) is 0 Å². The number of fused-ring (bicyclic) bond motifs is 1. The summed E-state index contributed by atoms with van der Waals surface area (Å²) in [6, 6.07) is 16.2. The molecule has 158 valence electrons. The van der Waals surface area contributed by atoms with Gasteiger partial charge in [0, 0.05) is 17.5 Å². The van der Waals surface area contributed by atoms with Crippen LogP contribution in [-0.2, 0) is 9.59 Å². The number of nitrogens with zero attached hydrogens (tertiary/aromatic N) is 1. The van der Waals surface area contributed by atoms with Crippen LogP contribution >= 0.6 is 15.9 Å². The molecule has 3 aromatic rings. The Bertz CT molecular complexity index is 1030. The van der Waals surface area contributed by atoms with E-state index in [2.05, 4.69) is 40.0 Å². The van der Waals surface area contributed by atoms with Crippen LogP contribution in [0.4, 0.5) is 0 Å². The normalized spacial score (nSPS) is 10.1. The highest BCUT2D eigenvalue weighted by molar-refractivity contribution is 9.10. The number of aromatic nitrogens is 1. The second-order valence-electron chi connectivity index (χ2n) is 6.38. The topological polar surface area (TPSA) is 106 Å². The Morgan fingerprint density at radius 2 is 1.60 bits per heavy atom. The number of aryl methyl sites for hydroxylation is 2. The molecular formula is C22H22BrNO6. The maximum absolute atomic E-state index is 9.10. The highest BCUT2D eigenvalue weighted by Crippen LogP contribution is 2.26. The first-order valence-electron chi connectivity index (χ1n) is 9.12. The number of para-hydroxylation sites is 1. The quantitative estimate of drug-likeness (QED) is 0.395. The first-order chi connectivity index (χ1) is 14.3. The molecule has 0 aliphatic carbocycles. The zero-order valence-corrected chi connectivity index (χ0v) is 18.2. The van der Waals surface area contributed by atoms with Crippen molar-refractivity contribution in [2.75, 3.05) is 13.2 Å². The van der Waals surface area contributed by atoms with E-state index in [0.29, 0.717) is 13.2 Å². The van der Waals surface area contributed by atoms with Crippen LogP contribution in [0.2, 0.25) is 0 Å². The summed E-state index contributed by atoms with van der Waals surface area (Å²) >= 11 is 3.52. The third-order valence-electron chi connectivity index (χ3n) is 3.90. The molecule has 2 aromatic carbocycles. The summed E-state index contributed by atoms with van der Waals surface area (Å²) in [6.07, 6.45) is 0.808. The highest BCUT2D eigenvalue weighted by Gasteiger charge is 2.05. The molecule has 0 aliphatic rings. The van der Waals surface area contributed by atoms with Gasteiger partial charge in [0.2, 0.25) is 0 Å². The average Bonchev–Trinajstić information content (AvgIpc) is 2.69. The van der Waals surface area contributed by atoms with Crippen molar-refractivity contribution in [3.05, 3.63) is 64.3 Å². The summed E-state index contributed by atoms with van der Waals surface area (Å²) < 4.78 is 12.7. The van der Waals surface area contributed by atoms with Crippen LogP contribution < -0.4 is 9.47 Å². The number of hydrogen-bond donors (Lipinski definition) is 2. The van der Waals surface area contributed by atoms with Gasteiger partial charge in [0.25, 0.3) is 0 Å². The molecule has 30 heavy (non-hydrogen) atoms. The number of benzene rings is 2. The Hall–Kier alpha value is -3.13. The molecule has 3 rings (SSSR count). The first kappa shape index (κ1) is 23.2. The van der Waals surface area contributed by atoms with Crippen LogP contribution in [0.1, 0.15) is 17.7 Å². The number of ether oxygens (including phenoxy) is 2. The van der Waals surface area contributed by atoms with Gasteiger partial charge in [-0.1, -0.05) is 24.3 Å². The lowest BCUT2D eigenvalue weighted by Gasteiger charge is -2.11. The summed E-state index contributed by atoms with van der Waals surface area (Å²) in [5, 5.41) is 15.9. The van der Waals surface area contributed by atoms with Crippen molar-refractivity contribution in [3.63, 3.8) is 0 Å². The van der Waals surface area contributed by atoms with Crippen LogP contribution in [0.25, 0.3) is 10.9 Å². The van der Waals surface area contributed by atoms with E-state index in [-0.39, 0.29) is 0 Å². The maximum Gasteiger partial charge on any atom is 0.414 e. The Labute approximate surface area is 182 Å². The number of rotatable bonds is 6. The van der Waals surface area contributed by atoms with E-state index >= 15 is 0 Å². The largest absolute Gasteiger partial charge is 0.492 e. The zero-order chi connectivity index (χ0) is 22.1. The van der Waals surface area contributed by atoms with Gasteiger partial charge in [-0.2, -0.15) is 0 Å². The molecule has 0 fully saturated rings. The first-order valence-corrected chi connectivity index (χ1v) is 9.91. The van der Waals surface area contributed by atoms with Gasteiger partial charge in [-0.15, -0.1) is 0 Å². The van der Waals surface area contributed by atoms with Gasteiger partial charge < -0.3 is 19.7 Å². The molecule has 0 saturated carbocycles. The van der Waals surface area contributed by atoms with Crippen LogP contribution in [0, 0.1) is 13.8 Å². The molecule has 0 bridgehead atoms. The molecule has 0 atom stereocenters. The lowest BCUT2D eigenvalue weighted by Crippen LogP contribution is -2.09. The van der Waals surface area contributed by atoms with Gasteiger partial charge in [-0.3, -0.25) is 0 Å². The molecular weight excluding hydrogens is 454 g/mol. The number of hydrogen-bond acceptors (Lipinski definition) is 5. The zero-order valence-electron chi connectivity index (χ0n) is 16.6. The van der Waals surface area contributed by atoms with E-state index in [1.54, 1.807) is 0 Å². The third-order valence-corrected chi connectivity index (χ3v) is 4.52. The van der Waals surface area contributed by atoms with E-state index in [0.717, 1.165) is 39.0 Å². The van der Waals surface area contributed by atoms with Gasteiger partial charge >= 0.3 is 11.9 Å². The summed E-state index contributed by atoms with van der Waals surface area (Å²) in [6.45, 7) is 5.25. The third kappa shape index (κ3) is 7.04. The van der Waals surface area contributed by atoms with Crippen molar-refractivity contribution in [1.29, 1.82) is 0 Å². The van der Waals surface area contributed by atoms with E-state index in [1.807, 2.05) is 43.3 Å². The molecule has 0 spiro atoms. The second-order valence-corrected chi connectivity index (χ2v) is 7.23. The minimum Gasteiger partial charge on any atom is -0.492 e. The molecule has 1 heterocycles. The van der Waals surface area contributed by atoms with Crippen molar-refractivity contribution >= 4 is 38.8 Å². The molecule has 1 aromatic heterocycles. The summed E-state index contributed by atoms with van der Waals surface area (Å²) in [5.41, 5.74) is 3.11. The van der Waals surface area contributed by atoms with E-state index < -0.39 is 11.9 Å². The molecule has 0 unspecified atom stereocenters. The standard InChI is InChI=1S/C20H20BrNO2.C2H2O4/c1-14-7-10-18(17(21)13-14)23-11-4-12-24-19-6-3-5-16-9-8-15(2)22-20(16)19;3-1(4)2(5)6/h3,5-10,13H,4,11-12H2,1-2H3;(H,3,4)(H,5,6). The summed E-state index contributed by atoms with van der Waals surface area (Å²) in [4.78, 5) is 22.8. The van der Waals surface area contributed by atoms with Crippen molar-refractivity contribution in [3.8, 4) is 11.5 Å². The lowest BCUT2D eigenvalue weighted by molar-refractivity contribution is -0.159. The lowest BCUT2D eigenvalue weighted by atomic mass is 10.2. The summed E-state index contributed by atoms with van der Waals surface area (Å²) in [5.74, 6) is -1.96. The van der Waals surface area contributed by atoms with Crippen LogP contribution in [0.5, 0.6) is 11.5 Å². The minimum absolute atomic E-state index is 0.595. The number of aliphatic carboxylic acids is 2. The monoisotopic (exact) mass is 475 g/mol. The minimum atomic E-state index is -1.82. The number of pyridine rings is 1. The number of halogens is 1. The molecule has 2 N–H and O–H groups in total. The Morgan fingerprint density at radius 3 is 2.23 bits per heavy atom. The van der Waals surface area contributed by atoms with Crippen molar-refractivity contribution < 1.29 is 29.3 Å². The van der Waals surface area contributed by atoms with E-state index in [4.69, 9.17) is 29.3 Å². The number of carboxylic acid groups (broad SMARTS) is 2. The highest BCUT2D eigenvalue weighted by atomic mass is 79.9. The Balaban J connectivity index is 0.000000469. The fourth-order valence-electron chi connectivity index (χ4n) is 2.48. The fourth-order valence-corrected chi connectivity index (χ4v) is 3.09. The number of carboxylic acids is 2. The van der Waals surface area contributed by atoms with E-state index in [1.165, 1.54) is 5.56 Å². The predicted octanol–water partition coefficient (Wildman–Crippen LogP) is 4.62. The van der Waals surface area contributed by atoms with Gasteiger partial charge in [-0.25, -0.2) is 14.6 Å². The van der Waals surface area contributed by atoms with Crippen molar-refractivity contribution in [2.45, 2.75) is 20.3 Å². The second kappa shape index (κ2) is 11.2. The van der Waals surface area contributed by atoms with Gasteiger partial charge in [0.05, 0.1) is 17.7 Å². The molecule has 0 aliphatic heterocycles. The molecule has 7 nitrogen and oxygen atoms in total. The fraction of sp³-hybridized carbons (Fsp3) is 0.227. The predicted molar refractivity (Wildman–Crippen MR) is 116 cm³/mol. The van der Waals surface area contributed by atoms with Gasteiger partial charge in [-0.05, 0) is 59.6 Å². The molecule has 0 amide bonds. The van der Waals surface area contributed by atoms with Gasteiger partial charge in [0.15, 0.2) is 0 Å². The molecule has 0 saturated heterocycles. The Morgan fingerprint density at radius 1 is 0.933 bits per heavy atom. The average molecular weight is 476 g/mol. The Kier molecular flexibility index (Phi) is 8.61. The van der Waals surface area contributed by atoms with Crippen molar-refractivity contribution in [1.82, 2.24) is 4.98 Å². The smallest absolute Gasteiger partial charge is 0.414 e. The van der Waals surface area contributed by atoms with Crippen LogP contribution in [-0.4, -0.2) is 40.3 Å².